The average molecular weight is 275 g/mol. The molecule has 0 aromatic heterocycles. The summed E-state index contributed by atoms with van der Waals surface area (Å²) < 4.78 is 0. The summed E-state index contributed by atoms with van der Waals surface area (Å²) in [6.45, 7) is 0. The van der Waals surface area contributed by atoms with Crippen LogP contribution in [-0.2, 0) is 6.42 Å². The molecule has 0 saturated heterocycles. The fraction of sp³-hybridized carbons (Fsp3) is 0.300. The minimum Gasteiger partial charge on any atom is -0.299 e. The molecule has 2 aromatic rings. The van der Waals surface area contributed by atoms with Crippen molar-refractivity contribution in [2.45, 2.75) is 25.3 Å². The maximum Gasteiger partial charge on any atom is 0.0544 e. The minimum atomic E-state index is 0.386. The van der Waals surface area contributed by atoms with E-state index in [4.69, 9.17) is 0 Å². The average Bonchev–Trinajstić information content (AvgIpc) is 2.53. The van der Waals surface area contributed by atoms with Crippen LogP contribution in [0.15, 0.2) is 36.4 Å². The maximum atomic E-state index is 2.42. The molecular weight excluding hydrogens is 254 g/mol. The Balaban J connectivity index is 2.22. The van der Waals surface area contributed by atoms with Crippen LogP contribution >= 0.6 is 0 Å². The van der Waals surface area contributed by atoms with Gasteiger partial charge in [0.1, 0.15) is 0 Å². The summed E-state index contributed by atoms with van der Waals surface area (Å²) in [7, 11) is 4.37. The van der Waals surface area contributed by atoms with E-state index in [1.807, 2.05) is 0 Å². The van der Waals surface area contributed by atoms with Gasteiger partial charge in [-0.25, -0.2) is 0 Å². The van der Waals surface area contributed by atoms with Crippen molar-refractivity contribution in [3.05, 3.63) is 68.4 Å². The molecule has 0 bridgehead atoms. The first-order chi connectivity index (χ1) is 10.3. The summed E-state index contributed by atoms with van der Waals surface area (Å²) >= 11 is 0. The van der Waals surface area contributed by atoms with E-state index >= 15 is 0 Å². The van der Waals surface area contributed by atoms with Crippen LogP contribution in [0.25, 0.3) is 12.2 Å². The predicted octanol–water partition coefficient (Wildman–Crippen LogP) is 2.49. The van der Waals surface area contributed by atoms with Gasteiger partial charge in [-0.2, -0.15) is 0 Å². The second-order valence-electron chi connectivity index (χ2n) is 6.35. The van der Waals surface area contributed by atoms with E-state index in [0.29, 0.717) is 6.04 Å². The lowest BCUT2D eigenvalue weighted by Gasteiger charge is -2.28. The first-order valence-corrected chi connectivity index (χ1v) is 7.85. The van der Waals surface area contributed by atoms with Crippen LogP contribution in [0.3, 0.4) is 0 Å². The lowest BCUT2D eigenvalue weighted by atomic mass is 9.86. The summed E-state index contributed by atoms with van der Waals surface area (Å²) in [5.41, 5.74) is 3.11. The summed E-state index contributed by atoms with van der Waals surface area (Å²) in [5, 5.41) is 5.64. The molecule has 0 spiro atoms. The van der Waals surface area contributed by atoms with E-state index in [0.717, 1.165) is 0 Å². The van der Waals surface area contributed by atoms with Gasteiger partial charge < -0.3 is 0 Å². The largest absolute Gasteiger partial charge is 0.299 e. The van der Waals surface area contributed by atoms with Crippen molar-refractivity contribution in [2.75, 3.05) is 14.1 Å². The molecule has 2 aromatic carbocycles. The zero-order valence-electron chi connectivity index (χ0n) is 12.8. The fourth-order valence-electron chi connectivity index (χ4n) is 3.81. The van der Waals surface area contributed by atoms with Gasteiger partial charge in [-0.15, -0.1) is 0 Å². The van der Waals surface area contributed by atoms with Gasteiger partial charge >= 0.3 is 0 Å². The van der Waals surface area contributed by atoms with Gasteiger partial charge in [0.25, 0.3) is 0 Å². The summed E-state index contributed by atoms with van der Waals surface area (Å²) in [6.07, 6.45) is 8.55. The molecule has 21 heavy (non-hydrogen) atoms. The van der Waals surface area contributed by atoms with Crippen LogP contribution in [0.5, 0.6) is 0 Å². The smallest absolute Gasteiger partial charge is 0.0544 e. The second-order valence-corrected chi connectivity index (χ2v) is 6.35. The zero-order chi connectivity index (χ0) is 14.4. The number of benzene rings is 2. The number of nitrogens with zero attached hydrogens (tertiary/aromatic N) is 1. The van der Waals surface area contributed by atoms with Gasteiger partial charge in [0, 0.05) is 0 Å². The van der Waals surface area contributed by atoms with Crippen molar-refractivity contribution in [3.63, 3.8) is 0 Å². The van der Waals surface area contributed by atoms with Gasteiger partial charge in [-0.3, -0.25) is 4.90 Å². The zero-order valence-corrected chi connectivity index (χ0v) is 12.8. The first kappa shape index (κ1) is 12.8. The van der Waals surface area contributed by atoms with E-state index < -0.39 is 0 Å². The van der Waals surface area contributed by atoms with Crippen molar-refractivity contribution in [1.29, 1.82) is 0 Å². The third kappa shape index (κ3) is 1.96. The molecule has 0 fully saturated rings. The lowest BCUT2D eigenvalue weighted by Crippen LogP contribution is -2.28. The molecule has 0 saturated carbocycles. The van der Waals surface area contributed by atoms with E-state index in [1.165, 1.54) is 45.7 Å². The topological polar surface area (TPSA) is 3.24 Å². The number of rotatable bonds is 1. The number of hydrogen-bond donors (Lipinski definition) is 0. The van der Waals surface area contributed by atoms with Crippen LogP contribution < -0.4 is 10.4 Å². The van der Waals surface area contributed by atoms with E-state index in [-0.39, 0.29) is 0 Å². The Morgan fingerprint density at radius 3 is 2.67 bits per heavy atom. The van der Waals surface area contributed by atoms with Crippen LogP contribution in [0.2, 0.25) is 0 Å². The van der Waals surface area contributed by atoms with Crippen LogP contribution in [-0.4, -0.2) is 19.0 Å². The molecule has 0 amide bonds. The molecule has 0 aliphatic heterocycles. The Morgan fingerprint density at radius 2 is 1.81 bits per heavy atom. The first-order valence-electron chi connectivity index (χ1n) is 7.85. The third-order valence-electron chi connectivity index (χ3n) is 4.83. The molecular formula is C20H21N. The number of hydrogen-bond acceptors (Lipinski definition) is 1. The SMILES string of the molecule is CN(C)C1C=c2ccccc2=c2ccc3c(c21)CCCC=3. The highest BCUT2D eigenvalue weighted by Crippen LogP contribution is 2.27. The Hall–Kier alpha value is -1.86. The highest BCUT2D eigenvalue weighted by Gasteiger charge is 2.21. The molecule has 1 unspecified atom stereocenters. The quantitative estimate of drug-likeness (QED) is 0.773. The van der Waals surface area contributed by atoms with Gasteiger partial charge in [-0.1, -0.05) is 48.6 Å². The van der Waals surface area contributed by atoms with Crippen molar-refractivity contribution < 1.29 is 0 Å². The van der Waals surface area contributed by atoms with E-state index in [2.05, 4.69) is 67.5 Å². The van der Waals surface area contributed by atoms with Crippen LogP contribution in [0.1, 0.15) is 30.0 Å². The van der Waals surface area contributed by atoms with Crippen LogP contribution in [0, 0.1) is 10.4 Å². The van der Waals surface area contributed by atoms with Gasteiger partial charge in [0.05, 0.1) is 6.04 Å². The maximum absolute atomic E-state index is 2.42. The van der Waals surface area contributed by atoms with Gasteiger partial charge in [-0.05, 0) is 65.4 Å². The molecule has 0 radical (unpaired) electrons. The van der Waals surface area contributed by atoms with Crippen molar-refractivity contribution in [1.82, 2.24) is 4.90 Å². The summed E-state index contributed by atoms with van der Waals surface area (Å²) in [6, 6.07) is 13.8. The van der Waals surface area contributed by atoms with Gasteiger partial charge in [0.2, 0.25) is 0 Å². The minimum absolute atomic E-state index is 0.386. The highest BCUT2D eigenvalue weighted by molar-refractivity contribution is 5.51. The molecule has 2 aliphatic carbocycles. The monoisotopic (exact) mass is 275 g/mol. The predicted molar refractivity (Wildman–Crippen MR) is 88.1 cm³/mol. The standard InChI is InChI=1S/C20H21N/c1-21(2)19-13-15-8-4-5-9-16(15)18-12-11-14-7-3-6-10-17(14)20(18)19/h4-5,7-9,11-13,19H,3,6,10H2,1-2H3. The summed E-state index contributed by atoms with van der Waals surface area (Å²) in [4.78, 5) is 2.34. The lowest BCUT2D eigenvalue weighted by molar-refractivity contribution is 0.362. The summed E-state index contributed by atoms with van der Waals surface area (Å²) in [5.74, 6) is 0. The van der Waals surface area contributed by atoms with Crippen molar-refractivity contribution in [3.8, 4) is 0 Å². The molecule has 4 rings (SSSR count). The highest BCUT2D eigenvalue weighted by atomic mass is 15.1. The Labute approximate surface area is 125 Å². The molecule has 1 atom stereocenters. The Kier molecular flexibility index (Phi) is 2.97. The number of fused-ring (bicyclic) bond motifs is 4. The molecule has 106 valence electrons. The molecule has 0 N–H and O–H groups in total. The van der Waals surface area contributed by atoms with Crippen molar-refractivity contribution in [2.24, 2.45) is 0 Å². The Morgan fingerprint density at radius 1 is 0.952 bits per heavy atom. The van der Waals surface area contributed by atoms with Gasteiger partial charge in [0.15, 0.2) is 0 Å². The molecule has 0 heterocycles. The fourth-order valence-corrected chi connectivity index (χ4v) is 3.81. The second kappa shape index (κ2) is 4.85. The van der Waals surface area contributed by atoms with Crippen LogP contribution in [0.4, 0.5) is 0 Å². The third-order valence-corrected chi connectivity index (χ3v) is 4.83. The molecule has 1 heteroatoms. The normalized spacial score (nSPS) is 19.1. The van der Waals surface area contributed by atoms with Crippen molar-refractivity contribution >= 4 is 12.2 Å². The molecule has 2 aliphatic rings. The van der Waals surface area contributed by atoms with E-state index in [1.54, 1.807) is 5.56 Å². The molecule has 1 nitrogen and oxygen atoms in total. The Bertz CT molecular complexity index is 906. The van der Waals surface area contributed by atoms with E-state index in [9.17, 15) is 0 Å².